The highest BCUT2D eigenvalue weighted by molar-refractivity contribution is 7.92. The van der Waals surface area contributed by atoms with E-state index in [4.69, 9.17) is 0 Å². The van der Waals surface area contributed by atoms with Crippen LogP contribution >= 0.6 is 0 Å². The summed E-state index contributed by atoms with van der Waals surface area (Å²) in [6.07, 6.45) is 3.28. The molecule has 32 heavy (non-hydrogen) atoms. The monoisotopic (exact) mass is 465 g/mol. The van der Waals surface area contributed by atoms with Crippen LogP contribution < -0.4 is 10.0 Å². The van der Waals surface area contributed by atoms with Crippen molar-refractivity contribution in [3.8, 4) is 0 Å². The van der Waals surface area contributed by atoms with E-state index in [1.54, 1.807) is 6.92 Å². The summed E-state index contributed by atoms with van der Waals surface area (Å²) in [7, 11) is -3.83. The minimum absolute atomic E-state index is 0.0634. The Labute approximate surface area is 187 Å². The number of benzene rings is 1. The van der Waals surface area contributed by atoms with E-state index < -0.39 is 33.4 Å². The number of aromatic nitrogens is 1. The molecule has 1 aromatic heterocycles. The zero-order valence-corrected chi connectivity index (χ0v) is 19.9. The van der Waals surface area contributed by atoms with Gasteiger partial charge >= 0.3 is 0 Å². The maximum absolute atomic E-state index is 14.3. The van der Waals surface area contributed by atoms with Gasteiger partial charge in [0.15, 0.2) is 11.6 Å². The number of rotatable bonds is 6. The lowest BCUT2D eigenvalue weighted by molar-refractivity contribution is -0.123. The molecule has 0 spiro atoms. The fraction of sp³-hybridized carbons (Fsp3) is 0.478. The van der Waals surface area contributed by atoms with Gasteiger partial charge in [0.05, 0.1) is 12.3 Å². The standard InChI is InChI=1S/C23H29F2N3O3S/c1-13(14-9-17(24)20(18(25)10-14)28-32(6,30)31)27-21(29)16-11-23(16,5)15-7-8-19(26-12-15)22(2,3)4/h7-10,12-13,16,28H,11H2,1-6H3,(H,27,29). The van der Waals surface area contributed by atoms with Gasteiger partial charge in [-0.15, -0.1) is 0 Å². The molecule has 1 amide bonds. The normalized spacial score (nSPS) is 21.7. The van der Waals surface area contributed by atoms with E-state index in [0.29, 0.717) is 6.42 Å². The number of sulfonamides is 1. The quantitative estimate of drug-likeness (QED) is 0.670. The number of amides is 1. The van der Waals surface area contributed by atoms with Crippen LogP contribution in [0.4, 0.5) is 14.5 Å². The lowest BCUT2D eigenvalue weighted by Gasteiger charge is -2.20. The van der Waals surface area contributed by atoms with Crippen molar-refractivity contribution in [2.24, 2.45) is 5.92 Å². The van der Waals surface area contributed by atoms with E-state index in [1.165, 1.54) is 0 Å². The second kappa shape index (κ2) is 8.10. The van der Waals surface area contributed by atoms with Gasteiger partial charge in [-0.25, -0.2) is 17.2 Å². The van der Waals surface area contributed by atoms with Crippen molar-refractivity contribution in [3.63, 3.8) is 0 Å². The van der Waals surface area contributed by atoms with Gasteiger partial charge in [-0.3, -0.25) is 14.5 Å². The van der Waals surface area contributed by atoms with Gasteiger partial charge in [-0.2, -0.15) is 0 Å². The molecule has 1 saturated carbocycles. The number of nitrogens with zero attached hydrogens (tertiary/aromatic N) is 1. The van der Waals surface area contributed by atoms with Crippen molar-refractivity contribution in [1.82, 2.24) is 10.3 Å². The Morgan fingerprint density at radius 3 is 2.28 bits per heavy atom. The summed E-state index contributed by atoms with van der Waals surface area (Å²) in [5.41, 5.74) is 1.00. The average Bonchev–Trinajstić information content (AvgIpc) is 3.36. The first-order valence-corrected chi connectivity index (χ1v) is 12.2. The summed E-state index contributed by atoms with van der Waals surface area (Å²) in [4.78, 5) is 17.4. The van der Waals surface area contributed by atoms with Crippen molar-refractivity contribution in [2.75, 3.05) is 11.0 Å². The molecule has 6 nitrogen and oxygen atoms in total. The molecule has 0 saturated heterocycles. The highest BCUT2D eigenvalue weighted by Crippen LogP contribution is 2.54. The third-order valence-corrected chi connectivity index (χ3v) is 6.53. The molecule has 2 N–H and O–H groups in total. The molecule has 3 atom stereocenters. The molecule has 0 aliphatic heterocycles. The number of anilines is 1. The van der Waals surface area contributed by atoms with Crippen LogP contribution in [0.5, 0.6) is 0 Å². The third kappa shape index (κ3) is 5.09. The van der Waals surface area contributed by atoms with Crippen molar-refractivity contribution in [1.29, 1.82) is 0 Å². The Bertz CT molecular complexity index is 1120. The first-order chi connectivity index (χ1) is 14.6. The van der Waals surface area contributed by atoms with Crippen LogP contribution in [0.2, 0.25) is 0 Å². The number of nitrogens with one attached hydrogen (secondary N) is 2. The number of hydrogen-bond acceptors (Lipinski definition) is 4. The average molecular weight is 466 g/mol. The predicted molar refractivity (Wildman–Crippen MR) is 120 cm³/mol. The Morgan fingerprint density at radius 2 is 1.81 bits per heavy atom. The number of hydrogen-bond donors (Lipinski definition) is 2. The molecule has 3 unspecified atom stereocenters. The lowest BCUT2D eigenvalue weighted by atomic mass is 9.90. The molecule has 174 valence electrons. The van der Waals surface area contributed by atoms with Crippen LogP contribution in [0, 0.1) is 17.6 Å². The maximum atomic E-state index is 14.3. The van der Waals surface area contributed by atoms with Crippen LogP contribution in [-0.4, -0.2) is 25.6 Å². The zero-order valence-electron chi connectivity index (χ0n) is 19.1. The van der Waals surface area contributed by atoms with E-state index in [1.807, 2.05) is 30.0 Å². The van der Waals surface area contributed by atoms with Crippen molar-refractivity contribution < 1.29 is 22.0 Å². The van der Waals surface area contributed by atoms with Crippen LogP contribution in [0.3, 0.4) is 0 Å². The summed E-state index contributed by atoms with van der Waals surface area (Å²) in [6, 6.07) is 5.35. The topological polar surface area (TPSA) is 88.2 Å². The van der Waals surface area contributed by atoms with Crippen molar-refractivity contribution >= 4 is 21.6 Å². The van der Waals surface area contributed by atoms with E-state index in [-0.39, 0.29) is 28.2 Å². The molecule has 1 heterocycles. The Kier molecular flexibility index (Phi) is 6.10. The minimum Gasteiger partial charge on any atom is -0.349 e. The molecule has 2 aromatic rings. The predicted octanol–water partition coefficient (Wildman–Crippen LogP) is 4.18. The molecule has 0 bridgehead atoms. The van der Waals surface area contributed by atoms with Gasteiger partial charge in [-0.1, -0.05) is 33.8 Å². The Morgan fingerprint density at radius 1 is 1.22 bits per heavy atom. The second-order valence-electron chi connectivity index (χ2n) is 9.82. The van der Waals surface area contributed by atoms with Crippen LogP contribution in [-0.2, 0) is 25.6 Å². The maximum Gasteiger partial charge on any atom is 0.230 e. The summed E-state index contributed by atoms with van der Waals surface area (Å²) in [6.45, 7) is 9.87. The highest BCUT2D eigenvalue weighted by Gasteiger charge is 2.55. The Balaban J connectivity index is 1.70. The fourth-order valence-corrected chi connectivity index (χ4v) is 4.33. The van der Waals surface area contributed by atoms with E-state index in [9.17, 15) is 22.0 Å². The molecule has 1 aliphatic carbocycles. The first kappa shape index (κ1) is 24.1. The fourth-order valence-electron chi connectivity index (χ4n) is 3.76. The van der Waals surface area contributed by atoms with Gasteiger partial charge in [-0.05, 0) is 42.7 Å². The second-order valence-corrected chi connectivity index (χ2v) is 11.6. The smallest absolute Gasteiger partial charge is 0.230 e. The van der Waals surface area contributed by atoms with Crippen LogP contribution in [0.1, 0.15) is 63.9 Å². The highest BCUT2D eigenvalue weighted by atomic mass is 32.2. The summed E-state index contributed by atoms with van der Waals surface area (Å²) in [5.74, 6) is -2.58. The lowest BCUT2D eigenvalue weighted by Crippen LogP contribution is -2.30. The van der Waals surface area contributed by atoms with Gasteiger partial charge < -0.3 is 5.32 Å². The zero-order chi connectivity index (χ0) is 24.1. The number of halogens is 2. The van der Waals surface area contributed by atoms with Gasteiger partial charge in [0.25, 0.3) is 0 Å². The van der Waals surface area contributed by atoms with E-state index >= 15 is 0 Å². The van der Waals surface area contributed by atoms with E-state index in [0.717, 1.165) is 29.6 Å². The van der Waals surface area contributed by atoms with Gasteiger partial charge in [0.1, 0.15) is 5.69 Å². The summed E-state index contributed by atoms with van der Waals surface area (Å²) >= 11 is 0. The SMILES string of the molecule is CC(NC(=O)C1CC1(C)c1ccc(C(C)(C)C)nc1)c1cc(F)c(NS(C)(=O)=O)c(F)c1. The summed E-state index contributed by atoms with van der Waals surface area (Å²) < 4.78 is 53.0. The van der Waals surface area contributed by atoms with E-state index in [2.05, 4.69) is 31.1 Å². The van der Waals surface area contributed by atoms with Crippen molar-refractivity contribution in [2.45, 2.75) is 57.9 Å². The molecule has 0 radical (unpaired) electrons. The molecule has 3 rings (SSSR count). The molecule has 9 heteroatoms. The molecular formula is C23H29F2N3O3S. The first-order valence-electron chi connectivity index (χ1n) is 10.4. The van der Waals surface area contributed by atoms with Crippen LogP contribution in [0.15, 0.2) is 30.5 Å². The molecule has 1 fully saturated rings. The number of carbonyl (C=O) groups is 1. The Hall–Kier alpha value is -2.55. The number of carbonyl (C=O) groups excluding carboxylic acids is 1. The molecule has 1 aliphatic rings. The molecule has 1 aromatic carbocycles. The third-order valence-electron chi connectivity index (χ3n) is 5.96. The van der Waals surface area contributed by atoms with Crippen LogP contribution in [0.25, 0.3) is 0 Å². The van der Waals surface area contributed by atoms with Crippen molar-refractivity contribution in [3.05, 3.63) is 58.9 Å². The van der Waals surface area contributed by atoms with Gasteiger partial charge in [0.2, 0.25) is 15.9 Å². The van der Waals surface area contributed by atoms with Gasteiger partial charge in [0, 0.05) is 28.6 Å². The summed E-state index contributed by atoms with van der Waals surface area (Å²) in [5, 5.41) is 2.81. The largest absolute Gasteiger partial charge is 0.349 e. The minimum atomic E-state index is -3.83. The number of pyridine rings is 1. The molecular weight excluding hydrogens is 436 g/mol.